The molecule has 2 fully saturated rings. The lowest BCUT2D eigenvalue weighted by Gasteiger charge is -2.36. The third kappa shape index (κ3) is 3.46. The smallest absolute Gasteiger partial charge is 0.174 e. The Morgan fingerprint density at radius 3 is 2.48 bits per heavy atom. The SMILES string of the molecule is N#CCOc1ccc(NC2CCC3(CC2)OCCO3)cc1. The number of anilines is 1. The van der Waals surface area contributed by atoms with Crippen molar-refractivity contribution in [3.8, 4) is 11.8 Å². The largest absolute Gasteiger partial charge is 0.479 e. The first-order valence-electron chi connectivity index (χ1n) is 7.44. The van der Waals surface area contributed by atoms with Crippen LogP contribution in [-0.2, 0) is 9.47 Å². The number of nitrogens with zero attached hydrogens (tertiary/aromatic N) is 1. The molecular formula is C16H20N2O3. The zero-order valence-corrected chi connectivity index (χ0v) is 12.0. The summed E-state index contributed by atoms with van der Waals surface area (Å²) in [6, 6.07) is 10.1. The summed E-state index contributed by atoms with van der Waals surface area (Å²) in [5.41, 5.74) is 1.08. The molecule has 1 aromatic carbocycles. The highest BCUT2D eigenvalue weighted by Gasteiger charge is 2.40. The number of benzene rings is 1. The van der Waals surface area contributed by atoms with Crippen molar-refractivity contribution in [2.45, 2.75) is 37.5 Å². The molecule has 3 rings (SSSR count). The first-order valence-corrected chi connectivity index (χ1v) is 7.44. The minimum atomic E-state index is -0.298. The van der Waals surface area contributed by atoms with Crippen LogP contribution in [0.1, 0.15) is 25.7 Å². The lowest BCUT2D eigenvalue weighted by atomic mass is 9.90. The van der Waals surface area contributed by atoms with E-state index in [1.165, 1.54) is 0 Å². The molecule has 1 saturated carbocycles. The number of nitrogens with one attached hydrogen (secondary N) is 1. The zero-order chi connectivity index (χ0) is 14.5. The maximum absolute atomic E-state index is 8.48. The molecule has 1 aliphatic carbocycles. The molecule has 0 amide bonds. The van der Waals surface area contributed by atoms with E-state index in [1.807, 2.05) is 30.3 Å². The van der Waals surface area contributed by atoms with Gasteiger partial charge >= 0.3 is 0 Å². The Morgan fingerprint density at radius 1 is 1.19 bits per heavy atom. The zero-order valence-electron chi connectivity index (χ0n) is 12.0. The fraction of sp³-hybridized carbons (Fsp3) is 0.562. The highest BCUT2D eigenvalue weighted by atomic mass is 16.7. The van der Waals surface area contributed by atoms with Gasteiger partial charge in [0.15, 0.2) is 12.4 Å². The van der Waals surface area contributed by atoms with Gasteiger partial charge in [0.1, 0.15) is 11.8 Å². The summed E-state index contributed by atoms with van der Waals surface area (Å²) in [6.07, 6.45) is 4.00. The van der Waals surface area contributed by atoms with Gasteiger partial charge in [0.05, 0.1) is 13.2 Å². The van der Waals surface area contributed by atoms with Gasteiger partial charge in [0, 0.05) is 24.6 Å². The van der Waals surface area contributed by atoms with Crippen LogP contribution in [0.5, 0.6) is 5.75 Å². The van der Waals surface area contributed by atoms with Crippen LogP contribution in [0.3, 0.4) is 0 Å². The predicted octanol–water partition coefficient (Wildman–Crippen LogP) is 2.69. The number of nitriles is 1. The molecule has 0 atom stereocenters. The molecule has 1 saturated heterocycles. The molecular weight excluding hydrogens is 268 g/mol. The third-order valence-electron chi connectivity index (χ3n) is 4.09. The second-order valence-electron chi connectivity index (χ2n) is 5.50. The van der Waals surface area contributed by atoms with Crippen LogP contribution in [0.15, 0.2) is 24.3 Å². The van der Waals surface area contributed by atoms with Crippen LogP contribution in [-0.4, -0.2) is 31.6 Å². The van der Waals surface area contributed by atoms with Gasteiger partial charge in [0.2, 0.25) is 0 Å². The van der Waals surface area contributed by atoms with Crippen molar-refractivity contribution < 1.29 is 14.2 Å². The summed E-state index contributed by atoms with van der Waals surface area (Å²) in [4.78, 5) is 0. The highest BCUT2D eigenvalue weighted by Crippen LogP contribution is 2.36. The van der Waals surface area contributed by atoms with E-state index in [0.29, 0.717) is 6.04 Å². The second kappa shape index (κ2) is 6.33. The van der Waals surface area contributed by atoms with Gasteiger partial charge in [-0.2, -0.15) is 5.26 Å². The lowest BCUT2D eigenvalue weighted by Crippen LogP contribution is -2.39. The highest BCUT2D eigenvalue weighted by molar-refractivity contribution is 5.47. The molecule has 0 bridgehead atoms. The van der Waals surface area contributed by atoms with Gasteiger partial charge in [-0.15, -0.1) is 0 Å². The minimum Gasteiger partial charge on any atom is -0.479 e. The van der Waals surface area contributed by atoms with Crippen molar-refractivity contribution in [2.75, 3.05) is 25.1 Å². The quantitative estimate of drug-likeness (QED) is 0.923. The lowest BCUT2D eigenvalue weighted by molar-refractivity contribution is -0.177. The van der Waals surface area contributed by atoms with E-state index in [2.05, 4.69) is 5.32 Å². The fourth-order valence-corrected chi connectivity index (χ4v) is 2.99. The van der Waals surface area contributed by atoms with Crippen molar-refractivity contribution in [2.24, 2.45) is 0 Å². The van der Waals surface area contributed by atoms with E-state index in [-0.39, 0.29) is 12.4 Å². The minimum absolute atomic E-state index is 0.0808. The number of ether oxygens (including phenoxy) is 3. The van der Waals surface area contributed by atoms with Crippen molar-refractivity contribution in [1.29, 1.82) is 5.26 Å². The molecule has 1 aliphatic heterocycles. The molecule has 0 unspecified atom stereocenters. The summed E-state index contributed by atoms with van der Waals surface area (Å²) in [5.74, 6) is 0.421. The predicted molar refractivity (Wildman–Crippen MR) is 78.1 cm³/mol. The summed E-state index contributed by atoms with van der Waals surface area (Å²) >= 11 is 0. The van der Waals surface area contributed by atoms with Crippen LogP contribution in [0.4, 0.5) is 5.69 Å². The van der Waals surface area contributed by atoms with Crippen molar-refractivity contribution in [3.05, 3.63) is 24.3 Å². The number of rotatable bonds is 4. The Bertz CT molecular complexity index is 493. The number of hydrogen-bond donors (Lipinski definition) is 1. The van der Waals surface area contributed by atoms with Crippen LogP contribution in [0.2, 0.25) is 0 Å². The maximum atomic E-state index is 8.48. The van der Waals surface area contributed by atoms with Gasteiger partial charge < -0.3 is 19.5 Å². The number of hydrogen-bond acceptors (Lipinski definition) is 5. The maximum Gasteiger partial charge on any atom is 0.174 e. The average Bonchev–Trinajstić information content (AvgIpc) is 2.98. The Labute approximate surface area is 124 Å². The molecule has 1 spiro atoms. The first kappa shape index (κ1) is 14.2. The molecule has 0 radical (unpaired) electrons. The van der Waals surface area contributed by atoms with Crippen molar-refractivity contribution >= 4 is 5.69 Å². The summed E-state index contributed by atoms with van der Waals surface area (Å²) in [6.45, 7) is 1.53. The van der Waals surface area contributed by atoms with Gasteiger partial charge in [-0.3, -0.25) is 0 Å². The van der Waals surface area contributed by atoms with Gasteiger partial charge in [-0.25, -0.2) is 0 Å². The van der Waals surface area contributed by atoms with E-state index in [4.69, 9.17) is 19.5 Å². The normalized spacial score (nSPS) is 21.1. The molecule has 1 N–H and O–H groups in total. The molecule has 21 heavy (non-hydrogen) atoms. The molecule has 1 heterocycles. The summed E-state index contributed by atoms with van der Waals surface area (Å²) < 4.78 is 16.7. The summed E-state index contributed by atoms with van der Waals surface area (Å²) in [5, 5.41) is 12.0. The Morgan fingerprint density at radius 2 is 1.86 bits per heavy atom. The molecule has 1 aromatic rings. The Hall–Kier alpha value is -1.77. The van der Waals surface area contributed by atoms with E-state index < -0.39 is 0 Å². The van der Waals surface area contributed by atoms with Crippen LogP contribution in [0.25, 0.3) is 0 Å². The average molecular weight is 288 g/mol. The topological polar surface area (TPSA) is 63.5 Å². The van der Waals surface area contributed by atoms with E-state index >= 15 is 0 Å². The second-order valence-corrected chi connectivity index (χ2v) is 5.50. The fourth-order valence-electron chi connectivity index (χ4n) is 2.99. The molecule has 0 aromatic heterocycles. The molecule has 2 aliphatic rings. The first-order chi connectivity index (χ1) is 10.3. The molecule has 5 heteroatoms. The standard InChI is InChI=1S/C16H20N2O3/c17-9-10-19-15-3-1-13(2-4-15)18-14-5-7-16(8-6-14)20-11-12-21-16/h1-4,14,18H,5-8,10-12H2. The van der Waals surface area contributed by atoms with Crippen molar-refractivity contribution in [3.63, 3.8) is 0 Å². The Kier molecular flexibility index (Phi) is 4.28. The van der Waals surface area contributed by atoms with E-state index in [9.17, 15) is 0 Å². The van der Waals surface area contributed by atoms with Crippen LogP contribution >= 0.6 is 0 Å². The van der Waals surface area contributed by atoms with Gasteiger partial charge in [-0.1, -0.05) is 0 Å². The molecule has 5 nitrogen and oxygen atoms in total. The van der Waals surface area contributed by atoms with Gasteiger partial charge in [0.25, 0.3) is 0 Å². The van der Waals surface area contributed by atoms with E-state index in [1.54, 1.807) is 0 Å². The van der Waals surface area contributed by atoms with Crippen LogP contribution in [0, 0.1) is 11.3 Å². The summed E-state index contributed by atoms with van der Waals surface area (Å²) in [7, 11) is 0. The monoisotopic (exact) mass is 288 g/mol. The van der Waals surface area contributed by atoms with Crippen molar-refractivity contribution in [1.82, 2.24) is 0 Å². The molecule has 112 valence electrons. The Balaban J connectivity index is 1.50. The third-order valence-corrected chi connectivity index (χ3v) is 4.09. The van der Waals surface area contributed by atoms with E-state index in [0.717, 1.165) is 50.3 Å². The van der Waals surface area contributed by atoms with Crippen LogP contribution < -0.4 is 10.1 Å². The van der Waals surface area contributed by atoms with Gasteiger partial charge in [-0.05, 0) is 37.1 Å².